The zero-order valence-corrected chi connectivity index (χ0v) is 14.7. The smallest absolute Gasteiger partial charge is 0.261 e. The summed E-state index contributed by atoms with van der Waals surface area (Å²) in [6, 6.07) is 14.6. The second-order valence-electron chi connectivity index (χ2n) is 5.93. The van der Waals surface area contributed by atoms with Gasteiger partial charge in [-0.05, 0) is 55.2 Å². The number of unbranched alkanes of at least 4 members (excludes halogenated alkanes) is 3. The molecule has 0 radical (unpaired) electrons. The third kappa shape index (κ3) is 5.39. The molecular formula is C19H25NO2S. The summed E-state index contributed by atoms with van der Waals surface area (Å²) in [6.07, 6.45) is 5.87. The molecule has 0 amide bonds. The molecule has 0 unspecified atom stereocenters. The van der Waals surface area contributed by atoms with Crippen molar-refractivity contribution in [3.05, 3.63) is 59.7 Å². The van der Waals surface area contributed by atoms with Gasteiger partial charge in [0.05, 0.1) is 4.90 Å². The van der Waals surface area contributed by atoms with Crippen molar-refractivity contribution in [1.29, 1.82) is 0 Å². The first-order chi connectivity index (χ1) is 11.0. The van der Waals surface area contributed by atoms with Crippen LogP contribution in [0.15, 0.2) is 53.4 Å². The number of hydrogen-bond donors (Lipinski definition) is 1. The van der Waals surface area contributed by atoms with Gasteiger partial charge in [0.25, 0.3) is 10.0 Å². The highest BCUT2D eigenvalue weighted by molar-refractivity contribution is 7.92. The Morgan fingerprint density at radius 1 is 0.957 bits per heavy atom. The molecule has 0 bridgehead atoms. The van der Waals surface area contributed by atoms with E-state index in [0.29, 0.717) is 10.6 Å². The van der Waals surface area contributed by atoms with Crippen LogP contribution in [0.3, 0.4) is 0 Å². The summed E-state index contributed by atoms with van der Waals surface area (Å²) in [4.78, 5) is 0.302. The minimum Gasteiger partial charge on any atom is -0.280 e. The van der Waals surface area contributed by atoms with Gasteiger partial charge in [0, 0.05) is 5.69 Å². The Labute approximate surface area is 139 Å². The molecular weight excluding hydrogens is 306 g/mol. The van der Waals surface area contributed by atoms with Crippen LogP contribution >= 0.6 is 0 Å². The lowest BCUT2D eigenvalue weighted by atomic mass is 10.1. The highest BCUT2D eigenvalue weighted by Gasteiger charge is 2.13. The third-order valence-electron chi connectivity index (χ3n) is 3.82. The summed E-state index contributed by atoms with van der Waals surface area (Å²) in [5, 5.41) is 0. The van der Waals surface area contributed by atoms with Crippen molar-refractivity contribution < 1.29 is 8.42 Å². The first-order valence-corrected chi connectivity index (χ1v) is 9.68. The van der Waals surface area contributed by atoms with E-state index in [2.05, 4.69) is 11.6 Å². The SMILES string of the molecule is CCCCCCc1ccc(S(=O)(=O)Nc2cccc(C)c2)cc1. The molecule has 0 saturated heterocycles. The monoisotopic (exact) mass is 331 g/mol. The van der Waals surface area contributed by atoms with Crippen molar-refractivity contribution in [2.45, 2.75) is 50.8 Å². The van der Waals surface area contributed by atoms with Gasteiger partial charge < -0.3 is 0 Å². The predicted molar refractivity (Wildman–Crippen MR) is 96.3 cm³/mol. The fourth-order valence-electron chi connectivity index (χ4n) is 2.51. The summed E-state index contributed by atoms with van der Waals surface area (Å²) >= 11 is 0. The molecule has 0 heterocycles. The second-order valence-corrected chi connectivity index (χ2v) is 7.61. The van der Waals surface area contributed by atoms with E-state index < -0.39 is 10.0 Å². The van der Waals surface area contributed by atoms with Crippen molar-refractivity contribution >= 4 is 15.7 Å². The van der Waals surface area contributed by atoms with Crippen molar-refractivity contribution in [2.75, 3.05) is 4.72 Å². The first kappa shape index (κ1) is 17.5. The van der Waals surface area contributed by atoms with E-state index in [0.717, 1.165) is 18.4 Å². The van der Waals surface area contributed by atoms with Gasteiger partial charge in [0.1, 0.15) is 0 Å². The lowest BCUT2D eigenvalue weighted by Crippen LogP contribution is -2.13. The molecule has 0 saturated carbocycles. The van der Waals surface area contributed by atoms with Crippen LogP contribution in [-0.4, -0.2) is 8.42 Å². The molecule has 3 nitrogen and oxygen atoms in total. The summed E-state index contributed by atoms with van der Waals surface area (Å²) in [5.41, 5.74) is 2.80. The van der Waals surface area contributed by atoms with Gasteiger partial charge in [-0.15, -0.1) is 0 Å². The van der Waals surface area contributed by atoms with Crippen LogP contribution in [-0.2, 0) is 16.4 Å². The van der Waals surface area contributed by atoms with Gasteiger partial charge in [0.2, 0.25) is 0 Å². The standard InChI is InChI=1S/C19H25NO2S/c1-3-4-5-6-9-17-11-13-19(14-12-17)23(21,22)20-18-10-7-8-16(2)15-18/h7-8,10-15,20H,3-6,9H2,1-2H3. The molecule has 0 aliphatic carbocycles. The highest BCUT2D eigenvalue weighted by Crippen LogP contribution is 2.18. The summed E-state index contributed by atoms with van der Waals surface area (Å²) < 4.78 is 27.5. The van der Waals surface area contributed by atoms with Crippen molar-refractivity contribution in [3.63, 3.8) is 0 Å². The summed E-state index contributed by atoms with van der Waals surface area (Å²) in [5.74, 6) is 0. The Kier molecular flexibility index (Phi) is 6.22. The Balaban J connectivity index is 2.02. The molecule has 1 N–H and O–H groups in total. The Hall–Kier alpha value is -1.81. The maximum atomic E-state index is 12.4. The summed E-state index contributed by atoms with van der Waals surface area (Å²) in [6.45, 7) is 4.13. The fourth-order valence-corrected chi connectivity index (χ4v) is 3.56. The molecule has 0 aliphatic heterocycles. The number of anilines is 1. The molecule has 4 heteroatoms. The van der Waals surface area contributed by atoms with E-state index in [-0.39, 0.29) is 0 Å². The van der Waals surface area contributed by atoms with Gasteiger partial charge in [-0.25, -0.2) is 8.42 Å². The minimum atomic E-state index is -3.53. The molecule has 124 valence electrons. The van der Waals surface area contributed by atoms with Crippen LogP contribution in [0.2, 0.25) is 0 Å². The number of aryl methyl sites for hydroxylation is 2. The second kappa shape index (κ2) is 8.16. The predicted octanol–water partition coefficient (Wildman–Crippen LogP) is 4.92. The normalized spacial score (nSPS) is 11.4. The molecule has 2 rings (SSSR count). The molecule has 0 atom stereocenters. The summed E-state index contributed by atoms with van der Waals surface area (Å²) in [7, 11) is -3.53. The van der Waals surface area contributed by atoms with Crippen LogP contribution in [0, 0.1) is 6.92 Å². The number of rotatable bonds is 8. The molecule has 0 spiro atoms. The van der Waals surface area contributed by atoms with Crippen LogP contribution in [0.4, 0.5) is 5.69 Å². The van der Waals surface area contributed by atoms with E-state index in [4.69, 9.17) is 0 Å². The molecule has 23 heavy (non-hydrogen) atoms. The maximum absolute atomic E-state index is 12.4. The van der Waals surface area contributed by atoms with E-state index in [1.807, 2.05) is 37.3 Å². The average Bonchev–Trinajstić information content (AvgIpc) is 2.52. The van der Waals surface area contributed by atoms with Crippen LogP contribution in [0.5, 0.6) is 0 Å². The lowest BCUT2D eigenvalue weighted by molar-refractivity contribution is 0.601. The quantitative estimate of drug-likeness (QED) is 0.698. The molecule has 0 aliphatic rings. The lowest BCUT2D eigenvalue weighted by Gasteiger charge is -2.09. The third-order valence-corrected chi connectivity index (χ3v) is 5.22. The van der Waals surface area contributed by atoms with Crippen LogP contribution in [0.25, 0.3) is 0 Å². The van der Waals surface area contributed by atoms with E-state index in [9.17, 15) is 8.42 Å². The van der Waals surface area contributed by atoms with E-state index in [1.165, 1.54) is 24.8 Å². The highest BCUT2D eigenvalue weighted by atomic mass is 32.2. The fraction of sp³-hybridized carbons (Fsp3) is 0.368. The molecule has 2 aromatic carbocycles. The number of benzene rings is 2. The maximum Gasteiger partial charge on any atom is 0.261 e. The van der Waals surface area contributed by atoms with Crippen LogP contribution < -0.4 is 4.72 Å². The Morgan fingerprint density at radius 2 is 1.70 bits per heavy atom. The van der Waals surface area contributed by atoms with Crippen molar-refractivity contribution in [3.8, 4) is 0 Å². The molecule has 0 aromatic heterocycles. The number of nitrogens with one attached hydrogen (secondary N) is 1. The van der Waals surface area contributed by atoms with Gasteiger partial charge in [0.15, 0.2) is 0 Å². The zero-order chi connectivity index (χ0) is 16.7. The molecule has 0 fully saturated rings. The zero-order valence-electron chi connectivity index (χ0n) is 13.9. The van der Waals surface area contributed by atoms with Crippen molar-refractivity contribution in [1.82, 2.24) is 0 Å². The molecule has 2 aromatic rings. The van der Waals surface area contributed by atoms with Gasteiger partial charge in [-0.3, -0.25) is 4.72 Å². The Bertz CT molecular complexity index is 721. The van der Waals surface area contributed by atoms with Gasteiger partial charge in [-0.1, -0.05) is 50.5 Å². The first-order valence-electron chi connectivity index (χ1n) is 8.19. The Morgan fingerprint density at radius 3 is 2.35 bits per heavy atom. The average molecular weight is 331 g/mol. The van der Waals surface area contributed by atoms with Crippen LogP contribution in [0.1, 0.15) is 43.7 Å². The minimum absolute atomic E-state index is 0.302. The van der Waals surface area contributed by atoms with E-state index >= 15 is 0 Å². The number of hydrogen-bond acceptors (Lipinski definition) is 2. The topological polar surface area (TPSA) is 46.2 Å². The van der Waals surface area contributed by atoms with E-state index in [1.54, 1.807) is 18.2 Å². The number of sulfonamides is 1. The van der Waals surface area contributed by atoms with Gasteiger partial charge >= 0.3 is 0 Å². The van der Waals surface area contributed by atoms with Crippen molar-refractivity contribution in [2.24, 2.45) is 0 Å². The van der Waals surface area contributed by atoms with Gasteiger partial charge in [-0.2, -0.15) is 0 Å². The largest absolute Gasteiger partial charge is 0.280 e.